The van der Waals surface area contributed by atoms with Gasteiger partial charge in [0.05, 0.1) is 0 Å². The molecular formula is C16H13ClF2N2OS. The van der Waals surface area contributed by atoms with Crippen LogP contribution in [0.5, 0.6) is 0 Å². The molecular weight excluding hydrogens is 342 g/mol. The van der Waals surface area contributed by atoms with Crippen LogP contribution in [0.3, 0.4) is 0 Å². The predicted octanol–water partition coefficient (Wildman–Crippen LogP) is 4.90. The number of amides is 2. The molecule has 2 amide bonds. The summed E-state index contributed by atoms with van der Waals surface area (Å²) in [6.07, 6.45) is 0. The lowest BCUT2D eigenvalue weighted by molar-refractivity contribution is 0.214. The molecule has 1 N–H and O–H groups in total. The number of thioether (sulfide) groups is 1. The van der Waals surface area contributed by atoms with Crippen molar-refractivity contribution in [2.75, 3.05) is 17.6 Å². The number of rotatable bonds is 2. The summed E-state index contributed by atoms with van der Waals surface area (Å²) in [5, 5.41) is 3.11. The Morgan fingerprint density at radius 3 is 2.61 bits per heavy atom. The number of nitrogens with zero attached hydrogens (tertiary/aromatic N) is 1. The number of nitrogens with one attached hydrogen (secondary N) is 1. The van der Waals surface area contributed by atoms with E-state index in [2.05, 4.69) is 5.32 Å². The molecule has 23 heavy (non-hydrogen) atoms. The first-order chi connectivity index (χ1) is 11.0. The quantitative estimate of drug-likeness (QED) is 0.832. The van der Waals surface area contributed by atoms with Gasteiger partial charge in [0, 0.05) is 29.1 Å². The third-order valence-electron chi connectivity index (χ3n) is 3.48. The first-order valence-electron chi connectivity index (χ1n) is 6.94. The highest BCUT2D eigenvalue weighted by atomic mass is 35.5. The molecule has 1 aliphatic heterocycles. The summed E-state index contributed by atoms with van der Waals surface area (Å²) in [6, 6.07) is 10.3. The smallest absolute Gasteiger partial charge is 0.308 e. The summed E-state index contributed by atoms with van der Waals surface area (Å²) in [7, 11) is 0. The number of halogens is 3. The molecule has 120 valence electrons. The second-order valence-corrected chi connectivity index (χ2v) is 6.65. The third-order valence-corrected chi connectivity index (χ3v) is 4.99. The molecule has 3 rings (SSSR count). The van der Waals surface area contributed by atoms with Gasteiger partial charge >= 0.3 is 6.03 Å². The van der Waals surface area contributed by atoms with Crippen LogP contribution in [-0.2, 0) is 0 Å². The van der Waals surface area contributed by atoms with Crippen molar-refractivity contribution < 1.29 is 13.6 Å². The van der Waals surface area contributed by atoms with Gasteiger partial charge in [-0.1, -0.05) is 23.7 Å². The minimum absolute atomic E-state index is 0.127. The van der Waals surface area contributed by atoms with Crippen LogP contribution in [-0.4, -0.2) is 23.2 Å². The van der Waals surface area contributed by atoms with Gasteiger partial charge in [-0.2, -0.15) is 0 Å². The number of hydrogen-bond donors (Lipinski definition) is 1. The van der Waals surface area contributed by atoms with Crippen LogP contribution < -0.4 is 5.32 Å². The van der Waals surface area contributed by atoms with E-state index in [1.54, 1.807) is 28.8 Å². The summed E-state index contributed by atoms with van der Waals surface area (Å²) in [6.45, 7) is 0.577. The van der Waals surface area contributed by atoms with Gasteiger partial charge in [0.25, 0.3) is 0 Å². The van der Waals surface area contributed by atoms with Crippen molar-refractivity contribution in [3.8, 4) is 0 Å². The van der Waals surface area contributed by atoms with Crippen molar-refractivity contribution in [1.82, 2.24) is 4.90 Å². The number of anilines is 1. The van der Waals surface area contributed by atoms with Crippen LogP contribution >= 0.6 is 23.4 Å². The van der Waals surface area contributed by atoms with E-state index < -0.39 is 11.6 Å². The standard InChI is InChI=1S/C16H13ClF2N2OS/c17-11-3-1-10(2-4-11)15-21(7-8-23-15)16(22)20-12-5-6-13(18)14(19)9-12/h1-6,9,15H,7-8H2,(H,20,22). The van der Waals surface area contributed by atoms with Crippen molar-refractivity contribution in [3.63, 3.8) is 0 Å². The maximum Gasteiger partial charge on any atom is 0.323 e. The molecule has 0 aromatic heterocycles. The second kappa shape index (κ2) is 6.76. The van der Waals surface area contributed by atoms with Crippen molar-refractivity contribution in [3.05, 3.63) is 64.7 Å². The summed E-state index contributed by atoms with van der Waals surface area (Å²) in [4.78, 5) is 14.1. The van der Waals surface area contributed by atoms with E-state index in [0.717, 1.165) is 23.4 Å². The number of benzene rings is 2. The van der Waals surface area contributed by atoms with Crippen molar-refractivity contribution in [2.45, 2.75) is 5.37 Å². The number of carbonyl (C=O) groups excluding carboxylic acids is 1. The molecule has 2 aromatic rings. The van der Waals surface area contributed by atoms with Gasteiger partial charge in [0.2, 0.25) is 0 Å². The van der Waals surface area contributed by atoms with Crippen LogP contribution in [0.15, 0.2) is 42.5 Å². The zero-order valence-corrected chi connectivity index (χ0v) is 13.5. The van der Waals surface area contributed by atoms with Crippen LogP contribution in [0.4, 0.5) is 19.3 Å². The lowest BCUT2D eigenvalue weighted by atomic mass is 10.2. The zero-order valence-electron chi connectivity index (χ0n) is 11.9. The molecule has 1 saturated heterocycles. The summed E-state index contributed by atoms with van der Waals surface area (Å²) in [5.74, 6) is -1.13. The molecule has 7 heteroatoms. The van der Waals surface area contributed by atoms with Crippen molar-refractivity contribution in [2.24, 2.45) is 0 Å². The minimum atomic E-state index is -0.993. The maximum atomic E-state index is 13.2. The van der Waals surface area contributed by atoms with Crippen LogP contribution in [0, 0.1) is 11.6 Å². The summed E-state index contributed by atoms with van der Waals surface area (Å²) >= 11 is 7.53. The lowest BCUT2D eigenvalue weighted by Crippen LogP contribution is -2.34. The Labute approximate surface area is 141 Å². The Morgan fingerprint density at radius 2 is 1.91 bits per heavy atom. The van der Waals surface area contributed by atoms with Gasteiger partial charge in [-0.05, 0) is 29.8 Å². The summed E-state index contributed by atoms with van der Waals surface area (Å²) < 4.78 is 26.2. The molecule has 1 heterocycles. The minimum Gasteiger partial charge on any atom is -0.308 e. The lowest BCUT2D eigenvalue weighted by Gasteiger charge is -2.24. The highest BCUT2D eigenvalue weighted by Crippen LogP contribution is 2.38. The molecule has 0 saturated carbocycles. The van der Waals surface area contributed by atoms with E-state index in [1.165, 1.54) is 6.07 Å². The summed E-state index contributed by atoms with van der Waals surface area (Å²) in [5.41, 5.74) is 1.19. The number of urea groups is 1. The molecule has 0 bridgehead atoms. The molecule has 0 aliphatic carbocycles. The Kier molecular flexibility index (Phi) is 4.73. The SMILES string of the molecule is O=C(Nc1ccc(F)c(F)c1)N1CCSC1c1ccc(Cl)cc1. The average Bonchev–Trinajstić information content (AvgIpc) is 3.01. The Morgan fingerprint density at radius 1 is 1.17 bits per heavy atom. The van der Waals surface area contributed by atoms with Crippen LogP contribution in [0.1, 0.15) is 10.9 Å². The molecule has 1 aliphatic rings. The average molecular weight is 355 g/mol. The van der Waals surface area contributed by atoms with E-state index in [0.29, 0.717) is 11.6 Å². The number of carbonyl (C=O) groups is 1. The van der Waals surface area contributed by atoms with E-state index in [1.807, 2.05) is 12.1 Å². The van der Waals surface area contributed by atoms with E-state index in [-0.39, 0.29) is 17.1 Å². The van der Waals surface area contributed by atoms with Crippen LogP contribution in [0.2, 0.25) is 5.02 Å². The molecule has 1 fully saturated rings. The van der Waals surface area contributed by atoms with Gasteiger partial charge < -0.3 is 10.2 Å². The first-order valence-corrected chi connectivity index (χ1v) is 8.37. The Hall–Kier alpha value is -1.79. The van der Waals surface area contributed by atoms with E-state index >= 15 is 0 Å². The largest absolute Gasteiger partial charge is 0.323 e. The molecule has 0 radical (unpaired) electrons. The van der Waals surface area contributed by atoms with Gasteiger partial charge in [-0.3, -0.25) is 0 Å². The highest BCUT2D eigenvalue weighted by Gasteiger charge is 2.30. The fraction of sp³-hybridized carbons (Fsp3) is 0.188. The van der Waals surface area contributed by atoms with Crippen molar-refractivity contribution in [1.29, 1.82) is 0 Å². The number of hydrogen-bond acceptors (Lipinski definition) is 2. The second-order valence-electron chi connectivity index (χ2n) is 5.03. The maximum absolute atomic E-state index is 13.2. The van der Waals surface area contributed by atoms with E-state index in [4.69, 9.17) is 11.6 Å². The van der Waals surface area contributed by atoms with Gasteiger partial charge in [0.1, 0.15) is 5.37 Å². The van der Waals surface area contributed by atoms with Crippen molar-refractivity contribution >= 4 is 35.1 Å². The zero-order chi connectivity index (χ0) is 16.4. The molecule has 3 nitrogen and oxygen atoms in total. The van der Waals surface area contributed by atoms with Crippen LogP contribution in [0.25, 0.3) is 0 Å². The van der Waals surface area contributed by atoms with E-state index in [9.17, 15) is 13.6 Å². The Balaban J connectivity index is 1.75. The van der Waals surface area contributed by atoms with Gasteiger partial charge in [-0.15, -0.1) is 11.8 Å². The normalized spacial score (nSPS) is 17.3. The highest BCUT2D eigenvalue weighted by molar-refractivity contribution is 7.99. The predicted molar refractivity (Wildman–Crippen MR) is 88.7 cm³/mol. The van der Waals surface area contributed by atoms with Gasteiger partial charge in [-0.25, -0.2) is 13.6 Å². The monoisotopic (exact) mass is 354 g/mol. The third kappa shape index (κ3) is 3.59. The topological polar surface area (TPSA) is 32.3 Å². The molecule has 0 spiro atoms. The fourth-order valence-electron chi connectivity index (χ4n) is 2.35. The van der Waals surface area contributed by atoms with Gasteiger partial charge in [0.15, 0.2) is 11.6 Å². The molecule has 1 atom stereocenters. The Bertz CT molecular complexity index is 727. The first kappa shape index (κ1) is 16.1. The molecule has 1 unspecified atom stereocenters. The molecule has 2 aromatic carbocycles. The fourth-order valence-corrected chi connectivity index (χ4v) is 3.73.